The molecule has 0 spiro atoms. The van der Waals surface area contributed by atoms with Crippen LogP contribution in [0.4, 0.5) is 11.4 Å². The standard InChI is InChI=1S/C18H18BrCl2N3O/c19-13-4-5-17(16(21)10-13)22-18(25)12-23-6-8-24(9-7-23)15-3-1-2-14(20)11-15/h1-5,10-11H,6-9,12H2,(H,22,25). The third-order valence-electron chi connectivity index (χ3n) is 4.12. The summed E-state index contributed by atoms with van der Waals surface area (Å²) < 4.78 is 0.882. The van der Waals surface area contributed by atoms with Gasteiger partial charge in [-0.15, -0.1) is 0 Å². The van der Waals surface area contributed by atoms with Crippen LogP contribution in [0, 0.1) is 0 Å². The molecule has 1 amide bonds. The van der Waals surface area contributed by atoms with E-state index in [2.05, 4.69) is 37.1 Å². The van der Waals surface area contributed by atoms with E-state index in [0.29, 0.717) is 17.3 Å². The molecule has 1 aliphatic rings. The molecule has 132 valence electrons. The molecule has 1 heterocycles. The molecule has 0 radical (unpaired) electrons. The summed E-state index contributed by atoms with van der Waals surface area (Å²) >= 11 is 15.6. The van der Waals surface area contributed by atoms with E-state index >= 15 is 0 Å². The Balaban J connectivity index is 1.51. The van der Waals surface area contributed by atoms with E-state index in [0.717, 1.165) is 41.4 Å². The van der Waals surface area contributed by atoms with Crippen molar-refractivity contribution in [3.05, 3.63) is 57.0 Å². The molecule has 0 aromatic heterocycles. The van der Waals surface area contributed by atoms with E-state index < -0.39 is 0 Å². The van der Waals surface area contributed by atoms with Gasteiger partial charge in [0.05, 0.1) is 17.3 Å². The number of carbonyl (C=O) groups excluding carboxylic acids is 1. The molecule has 0 bridgehead atoms. The monoisotopic (exact) mass is 441 g/mol. The highest BCUT2D eigenvalue weighted by atomic mass is 79.9. The Bertz CT molecular complexity index is 764. The topological polar surface area (TPSA) is 35.6 Å². The Morgan fingerprint density at radius 1 is 1.08 bits per heavy atom. The third-order valence-corrected chi connectivity index (χ3v) is 5.16. The SMILES string of the molecule is O=C(CN1CCN(c2cccc(Cl)c2)CC1)Nc1ccc(Br)cc1Cl. The molecule has 4 nitrogen and oxygen atoms in total. The second-order valence-electron chi connectivity index (χ2n) is 5.92. The third kappa shape index (κ3) is 5.11. The number of hydrogen-bond acceptors (Lipinski definition) is 3. The Morgan fingerprint density at radius 2 is 1.84 bits per heavy atom. The molecular formula is C18H18BrCl2N3O. The van der Waals surface area contributed by atoms with Gasteiger partial charge in [-0.1, -0.05) is 45.2 Å². The van der Waals surface area contributed by atoms with E-state index in [1.165, 1.54) is 0 Å². The first-order chi connectivity index (χ1) is 12.0. The van der Waals surface area contributed by atoms with Crippen molar-refractivity contribution in [2.24, 2.45) is 0 Å². The van der Waals surface area contributed by atoms with Gasteiger partial charge in [0.25, 0.3) is 0 Å². The van der Waals surface area contributed by atoms with Crippen LogP contribution in [-0.2, 0) is 4.79 Å². The van der Waals surface area contributed by atoms with Crippen molar-refractivity contribution >= 4 is 56.4 Å². The second kappa shape index (κ2) is 8.41. The number of anilines is 2. The summed E-state index contributed by atoms with van der Waals surface area (Å²) in [5, 5.41) is 4.13. The van der Waals surface area contributed by atoms with Crippen LogP contribution >= 0.6 is 39.1 Å². The van der Waals surface area contributed by atoms with Gasteiger partial charge in [0.2, 0.25) is 5.91 Å². The molecule has 0 aliphatic carbocycles. The number of amides is 1. The summed E-state index contributed by atoms with van der Waals surface area (Å²) in [5.41, 5.74) is 1.76. The molecule has 2 aromatic carbocycles. The zero-order valence-corrected chi connectivity index (χ0v) is 16.6. The normalized spacial score (nSPS) is 15.2. The van der Waals surface area contributed by atoms with Gasteiger partial charge >= 0.3 is 0 Å². The minimum atomic E-state index is -0.0552. The van der Waals surface area contributed by atoms with E-state index in [4.69, 9.17) is 23.2 Å². The first kappa shape index (κ1) is 18.5. The Hall–Kier alpha value is -1.27. The highest BCUT2D eigenvalue weighted by molar-refractivity contribution is 9.10. The van der Waals surface area contributed by atoms with Gasteiger partial charge in [-0.25, -0.2) is 0 Å². The van der Waals surface area contributed by atoms with E-state index in [1.807, 2.05) is 24.3 Å². The minimum Gasteiger partial charge on any atom is -0.369 e. The average molecular weight is 443 g/mol. The zero-order chi connectivity index (χ0) is 17.8. The number of rotatable bonds is 4. The lowest BCUT2D eigenvalue weighted by atomic mass is 10.2. The average Bonchev–Trinajstić information content (AvgIpc) is 2.58. The highest BCUT2D eigenvalue weighted by Crippen LogP contribution is 2.25. The van der Waals surface area contributed by atoms with E-state index in [9.17, 15) is 4.79 Å². The molecule has 1 aliphatic heterocycles. The van der Waals surface area contributed by atoms with E-state index in [-0.39, 0.29) is 5.91 Å². The van der Waals surface area contributed by atoms with Crippen LogP contribution in [0.3, 0.4) is 0 Å². The first-order valence-corrected chi connectivity index (χ1v) is 9.54. The molecule has 3 rings (SSSR count). The Labute approximate surface area is 165 Å². The van der Waals surface area contributed by atoms with Crippen LogP contribution in [-0.4, -0.2) is 43.5 Å². The quantitative estimate of drug-likeness (QED) is 0.756. The fourth-order valence-electron chi connectivity index (χ4n) is 2.82. The lowest BCUT2D eigenvalue weighted by Crippen LogP contribution is -2.48. The molecule has 1 fully saturated rings. The number of nitrogens with zero attached hydrogens (tertiary/aromatic N) is 2. The van der Waals surface area contributed by atoms with Crippen molar-refractivity contribution < 1.29 is 4.79 Å². The summed E-state index contributed by atoms with van der Waals surface area (Å²) in [4.78, 5) is 16.7. The molecule has 0 atom stereocenters. The van der Waals surface area contributed by atoms with Crippen molar-refractivity contribution in [1.29, 1.82) is 0 Å². The van der Waals surface area contributed by atoms with Gasteiger partial charge in [-0.05, 0) is 36.4 Å². The molecule has 7 heteroatoms. The fourth-order valence-corrected chi connectivity index (χ4v) is 3.73. The smallest absolute Gasteiger partial charge is 0.238 e. The van der Waals surface area contributed by atoms with Crippen molar-refractivity contribution in [3.8, 4) is 0 Å². The van der Waals surface area contributed by atoms with E-state index in [1.54, 1.807) is 12.1 Å². The van der Waals surface area contributed by atoms with Gasteiger partial charge < -0.3 is 10.2 Å². The summed E-state index contributed by atoms with van der Waals surface area (Å²) in [6.45, 7) is 3.75. The molecule has 1 saturated heterocycles. The summed E-state index contributed by atoms with van der Waals surface area (Å²) in [6.07, 6.45) is 0. The predicted octanol–water partition coefficient (Wildman–Crippen LogP) is 4.52. The van der Waals surface area contributed by atoms with Gasteiger partial charge in [-0.3, -0.25) is 9.69 Å². The van der Waals surface area contributed by atoms with Gasteiger partial charge in [0, 0.05) is 41.4 Å². The van der Waals surface area contributed by atoms with Crippen molar-refractivity contribution in [1.82, 2.24) is 4.90 Å². The number of halogens is 3. The highest BCUT2D eigenvalue weighted by Gasteiger charge is 2.19. The molecule has 0 unspecified atom stereocenters. The van der Waals surface area contributed by atoms with Crippen molar-refractivity contribution in [2.75, 3.05) is 42.9 Å². The molecule has 1 N–H and O–H groups in total. The maximum atomic E-state index is 12.3. The Morgan fingerprint density at radius 3 is 2.52 bits per heavy atom. The number of benzene rings is 2. The zero-order valence-electron chi connectivity index (χ0n) is 13.5. The van der Waals surface area contributed by atoms with Crippen molar-refractivity contribution in [3.63, 3.8) is 0 Å². The summed E-state index contributed by atoms with van der Waals surface area (Å²) in [5.74, 6) is -0.0552. The van der Waals surface area contributed by atoms with Crippen LogP contribution in [0.2, 0.25) is 10.0 Å². The van der Waals surface area contributed by atoms with Crippen LogP contribution in [0.15, 0.2) is 46.9 Å². The van der Waals surface area contributed by atoms with Crippen molar-refractivity contribution in [2.45, 2.75) is 0 Å². The summed E-state index contributed by atoms with van der Waals surface area (Å²) in [7, 11) is 0. The lowest BCUT2D eigenvalue weighted by molar-refractivity contribution is -0.117. The van der Waals surface area contributed by atoms with Gasteiger partial charge in [0.15, 0.2) is 0 Å². The van der Waals surface area contributed by atoms with Crippen LogP contribution in [0.25, 0.3) is 0 Å². The summed E-state index contributed by atoms with van der Waals surface area (Å²) in [6, 6.07) is 13.3. The van der Waals surface area contributed by atoms with Crippen LogP contribution < -0.4 is 10.2 Å². The van der Waals surface area contributed by atoms with Crippen LogP contribution in [0.5, 0.6) is 0 Å². The van der Waals surface area contributed by atoms with Crippen LogP contribution in [0.1, 0.15) is 0 Å². The number of carbonyl (C=O) groups is 1. The molecule has 2 aromatic rings. The predicted molar refractivity (Wildman–Crippen MR) is 108 cm³/mol. The first-order valence-electron chi connectivity index (χ1n) is 7.99. The maximum Gasteiger partial charge on any atom is 0.238 e. The molecular weight excluding hydrogens is 425 g/mol. The van der Waals surface area contributed by atoms with Gasteiger partial charge in [0.1, 0.15) is 0 Å². The second-order valence-corrected chi connectivity index (χ2v) is 7.67. The Kier molecular flexibility index (Phi) is 6.23. The lowest BCUT2D eigenvalue weighted by Gasteiger charge is -2.35. The largest absolute Gasteiger partial charge is 0.369 e. The number of nitrogens with one attached hydrogen (secondary N) is 1. The molecule has 25 heavy (non-hydrogen) atoms. The maximum absolute atomic E-state index is 12.3. The number of hydrogen-bond donors (Lipinski definition) is 1. The molecule has 0 saturated carbocycles. The minimum absolute atomic E-state index is 0.0552. The fraction of sp³-hybridized carbons (Fsp3) is 0.278. The number of piperazine rings is 1. The van der Waals surface area contributed by atoms with Gasteiger partial charge in [-0.2, -0.15) is 0 Å².